The number of piperidine rings is 1. The topological polar surface area (TPSA) is 42.1 Å². The zero-order valence-electron chi connectivity index (χ0n) is 11.1. The van der Waals surface area contributed by atoms with E-state index in [1.165, 1.54) is 12.0 Å². The highest BCUT2D eigenvalue weighted by molar-refractivity contribution is 5.47. The van der Waals surface area contributed by atoms with Crippen LogP contribution in [-0.4, -0.2) is 18.1 Å². The van der Waals surface area contributed by atoms with E-state index in [1.54, 1.807) is 0 Å². The summed E-state index contributed by atoms with van der Waals surface area (Å²) in [6.07, 6.45) is 3.24. The second kappa shape index (κ2) is 5.05. The lowest BCUT2D eigenvalue weighted by Gasteiger charge is -2.36. The molecule has 3 heteroatoms. The molecule has 2 atom stereocenters. The van der Waals surface area contributed by atoms with Crippen LogP contribution in [0.2, 0.25) is 0 Å². The monoisotopic (exact) mass is 233 g/mol. The Hall–Kier alpha value is -1.09. The van der Waals surface area contributed by atoms with Gasteiger partial charge in [0.25, 0.3) is 0 Å². The molecule has 0 bridgehead atoms. The zero-order chi connectivity index (χ0) is 12.4. The van der Waals surface area contributed by atoms with Crippen molar-refractivity contribution in [2.24, 2.45) is 17.6 Å². The number of anilines is 1. The summed E-state index contributed by atoms with van der Waals surface area (Å²) in [5.74, 6) is 2.66. The molecule has 1 aliphatic heterocycles. The number of pyridine rings is 1. The normalized spacial score (nSPS) is 25.1. The van der Waals surface area contributed by atoms with E-state index in [0.29, 0.717) is 6.54 Å². The van der Waals surface area contributed by atoms with Crippen LogP contribution in [0.5, 0.6) is 0 Å². The summed E-state index contributed by atoms with van der Waals surface area (Å²) in [4.78, 5) is 7.01. The Labute approximate surface area is 104 Å². The number of aryl methyl sites for hydroxylation is 1. The molecule has 0 amide bonds. The molecule has 0 spiro atoms. The molecule has 2 unspecified atom stereocenters. The van der Waals surface area contributed by atoms with E-state index >= 15 is 0 Å². The molecule has 0 aromatic carbocycles. The first-order valence-corrected chi connectivity index (χ1v) is 6.50. The van der Waals surface area contributed by atoms with Crippen molar-refractivity contribution in [3.8, 4) is 0 Å². The third kappa shape index (κ3) is 2.78. The number of hydrogen-bond acceptors (Lipinski definition) is 3. The molecule has 1 fully saturated rings. The van der Waals surface area contributed by atoms with Gasteiger partial charge in [0.2, 0.25) is 0 Å². The summed E-state index contributed by atoms with van der Waals surface area (Å²) in [6.45, 7) is 9.60. The number of nitrogens with zero attached hydrogens (tertiary/aromatic N) is 2. The van der Waals surface area contributed by atoms with E-state index in [2.05, 4.69) is 36.7 Å². The Morgan fingerprint density at radius 3 is 2.53 bits per heavy atom. The van der Waals surface area contributed by atoms with E-state index in [1.807, 2.05) is 6.20 Å². The highest BCUT2D eigenvalue weighted by Gasteiger charge is 2.23. The Morgan fingerprint density at radius 2 is 2.00 bits per heavy atom. The molecule has 0 aliphatic carbocycles. The van der Waals surface area contributed by atoms with Crippen LogP contribution in [0, 0.1) is 18.8 Å². The maximum Gasteiger partial charge on any atom is 0.131 e. The molecular formula is C14H23N3. The van der Waals surface area contributed by atoms with Gasteiger partial charge in [-0.1, -0.05) is 13.8 Å². The van der Waals surface area contributed by atoms with Gasteiger partial charge in [-0.05, 0) is 42.4 Å². The van der Waals surface area contributed by atoms with Gasteiger partial charge in [0.15, 0.2) is 0 Å². The van der Waals surface area contributed by atoms with Crippen LogP contribution >= 0.6 is 0 Å². The first kappa shape index (κ1) is 12.4. The molecule has 2 rings (SSSR count). The zero-order valence-corrected chi connectivity index (χ0v) is 11.1. The Morgan fingerprint density at radius 1 is 1.35 bits per heavy atom. The van der Waals surface area contributed by atoms with Crippen LogP contribution in [0.15, 0.2) is 12.3 Å². The van der Waals surface area contributed by atoms with Crippen LogP contribution in [0.25, 0.3) is 0 Å². The lowest BCUT2D eigenvalue weighted by Crippen LogP contribution is -2.39. The minimum Gasteiger partial charge on any atom is -0.356 e. The van der Waals surface area contributed by atoms with Crippen LogP contribution in [-0.2, 0) is 6.54 Å². The van der Waals surface area contributed by atoms with E-state index in [9.17, 15) is 0 Å². The van der Waals surface area contributed by atoms with Gasteiger partial charge in [-0.2, -0.15) is 0 Å². The smallest absolute Gasteiger partial charge is 0.131 e. The predicted octanol–water partition coefficient (Wildman–Crippen LogP) is 2.33. The van der Waals surface area contributed by atoms with Gasteiger partial charge in [0, 0.05) is 25.8 Å². The van der Waals surface area contributed by atoms with Gasteiger partial charge >= 0.3 is 0 Å². The highest BCUT2D eigenvalue weighted by atomic mass is 15.2. The molecule has 1 saturated heterocycles. The number of rotatable bonds is 2. The SMILES string of the molecule is Cc1cc(CN)cnc1N1CC(C)CC(C)C1. The molecule has 0 saturated carbocycles. The van der Waals surface area contributed by atoms with Crippen molar-refractivity contribution < 1.29 is 0 Å². The van der Waals surface area contributed by atoms with Gasteiger partial charge in [-0.15, -0.1) is 0 Å². The minimum atomic E-state index is 0.570. The fourth-order valence-corrected chi connectivity index (χ4v) is 2.90. The second-order valence-corrected chi connectivity index (χ2v) is 5.54. The number of aromatic nitrogens is 1. The number of hydrogen-bond donors (Lipinski definition) is 1. The van der Waals surface area contributed by atoms with Crippen molar-refractivity contribution in [1.29, 1.82) is 0 Å². The van der Waals surface area contributed by atoms with Gasteiger partial charge in [-0.3, -0.25) is 0 Å². The highest BCUT2D eigenvalue weighted by Crippen LogP contribution is 2.27. The average Bonchev–Trinajstić information content (AvgIpc) is 2.27. The van der Waals surface area contributed by atoms with Crippen LogP contribution in [0.3, 0.4) is 0 Å². The molecule has 1 aromatic heterocycles. The lowest BCUT2D eigenvalue weighted by atomic mass is 9.91. The van der Waals surface area contributed by atoms with E-state index in [0.717, 1.165) is 36.3 Å². The largest absolute Gasteiger partial charge is 0.356 e. The first-order chi connectivity index (χ1) is 8.10. The Balaban J connectivity index is 2.21. The molecule has 2 heterocycles. The van der Waals surface area contributed by atoms with Gasteiger partial charge in [0.05, 0.1) is 0 Å². The van der Waals surface area contributed by atoms with Crippen molar-refractivity contribution in [3.05, 3.63) is 23.4 Å². The van der Waals surface area contributed by atoms with Crippen molar-refractivity contribution in [3.63, 3.8) is 0 Å². The van der Waals surface area contributed by atoms with Crippen molar-refractivity contribution >= 4 is 5.82 Å². The molecule has 94 valence electrons. The molecule has 1 aliphatic rings. The molecule has 1 aromatic rings. The minimum absolute atomic E-state index is 0.570. The van der Waals surface area contributed by atoms with E-state index < -0.39 is 0 Å². The lowest BCUT2D eigenvalue weighted by molar-refractivity contribution is 0.355. The van der Waals surface area contributed by atoms with E-state index in [4.69, 9.17) is 5.73 Å². The maximum absolute atomic E-state index is 5.64. The van der Waals surface area contributed by atoms with Crippen LogP contribution < -0.4 is 10.6 Å². The Kier molecular flexibility index (Phi) is 3.67. The van der Waals surface area contributed by atoms with E-state index in [-0.39, 0.29) is 0 Å². The average molecular weight is 233 g/mol. The fourth-order valence-electron chi connectivity index (χ4n) is 2.90. The summed E-state index contributed by atoms with van der Waals surface area (Å²) < 4.78 is 0. The van der Waals surface area contributed by atoms with Crippen LogP contribution in [0.4, 0.5) is 5.82 Å². The van der Waals surface area contributed by atoms with Crippen molar-refractivity contribution in [2.75, 3.05) is 18.0 Å². The standard InChI is InChI=1S/C14H23N3/c1-10-4-11(2)9-17(8-10)14-12(3)5-13(6-15)7-16-14/h5,7,10-11H,4,6,8-9,15H2,1-3H3. The molecule has 2 N–H and O–H groups in total. The summed E-state index contributed by atoms with van der Waals surface area (Å²) in [7, 11) is 0. The first-order valence-electron chi connectivity index (χ1n) is 6.50. The van der Waals surface area contributed by atoms with Crippen molar-refractivity contribution in [1.82, 2.24) is 4.98 Å². The number of nitrogens with two attached hydrogens (primary N) is 1. The quantitative estimate of drug-likeness (QED) is 0.852. The summed E-state index contributed by atoms with van der Waals surface area (Å²) in [5, 5.41) is 0. The van der Waals surface area contributed by atoms with Gasteiger partial charge < -0.3 is 10.6 Å². The van der Waals surface area contributed by atoms with Crippen LogP contribution in [0.1, 0.15) is 31.4 Å². The molecule has 17 heavy (non-hydrogen) atoms. The second-order valence-electron chi connectivity index (χ2n) is 5.54. The molecule has 0 radical (unpaired) electrons. The third-order valence-corrected chi connectivity index (χ3v) is 3.51. The third-order valence-electron chi connectivity index (χ3n) is 3.51. The molecule has 3 nitrogen and oxygen atoms in total. The maximum atomic E-state index is 5.64. The van der Waals surface area contributed by atoms with Crippen molar-refractivity contribution in [2.45, 2.75) is 33.7 Å². The summed E-state index contributed by atoms with van der Waals surface area (Å²) in [5.41, 5.74) is 8.00. The summed E-state index contributed by atoms with van der Waals surface area (Å²) in [6, 6.07) is 2.16. The molecular weight excluding hydrogens is 210 g/mol. The summed E-state index contributed by atoms with van der Waals surface area (Å²) >= 11 is 0. The fraction of sp³-hybridized carbons (Fsp3) is 0.643. The Bertz CT molecular complexity index is 379. The van der Waals surface area contributed by atoms with Gasteiger partial charge in [0.1, 0.15) is 5.82 Å². The predicted molar refractivity (Wildman–Crippen MR) is 72.0 cm³/mol. The van der Waals surface area contributed by atoms with Gasteiger partial charge in [-0.25, -0.2) is 4.98 Å².